The molecule has 0 radical (unpaired) electrons. The molecule has 0 amide bonds. The summed E-state index contributed by atoms with van der Waals surface area (Å²) in [5.41, 5.74) is 0.314. The molecule has 1 aliphatic heterocycles. The maximum absolute atomic E-state index is 13.7. The van der Waals surface area contributed by atoms with Crippen LogP contribution in [0.2, 0.25) is 15.1 Å². The van der Waals surface area contributed by atoms with Crippen molar-refractivity contribution in [1.29, 1.82) is 0 Å². The Hall–Kier alpha value is -1.03. The van der Waals surface area contributed by atoms with Crippen LogP contribution in [0.25, 0.3) is 0 Å². The Morgan fingerprint density at radius 1 is 1.00 bits per heavy atom. The zero-order valence-corrected chi connectivity index (χ0v) is 23.7. The molecule has 3 rings (SSSR count). The zero-order chi connectivity index (χ0) is 25.8. The summed E-state index contributed by atoms with van der Waals surface area (Å²) < 4.78 is 52.5. The molecule has 0 aromatic heterocycles. The van der Waals surface area contributed by atoms with Gasteiger partial charge in [0.05, 0.1) is 21.4 Å². The second-order valence-electron chi connectivity index (χ2n) is 9.12. The van der Waals surface area contributed by atoms with Crippen molar-refractivity contribution in [3.63, 3.8) is 0 Å². The van der Waals surface area contributed by atoms with Crippen LogP contribution in [-0.2, 0) is 19.9 Å². The lowest BCUT2D eigenvalue weighted by atomic mass is 10.0. The molecule has 0 spiro atoms. The van der Waals surface area contributed by atoms with Gasteiger partial charge in [0.15, 0.2) is 0 Å². The Kier molecular flexibility index (Phi) is 9.79. The third-order valence-corrected chi connectivity index (χ3v) is 9.97. The first-order valence-electron chi connectivity index (χ1n) is 11.6. The second-order valence-corrected chi connectivity index (χ2v) is 14.4. The number of sulfone groups is 1. The molecule has 11 heteroatoms. The van der Waals surface area contributed by atoms with Gasteiger partial charge in [0.2, 0.25) is 0 Å². The summed E-state index contributed by atoms with van der Waals surface area (Å²) in [6, 6.07) is 10.3. The molecule has 0 aliphatic carbocycles. The van der Waals surface area contributed by atoms with Crippen molar-refractivity contribution in [1.82, 2.24) is 4.90 Å². The number of sulfonamides is 1. The summed E-state index contributed by atoms with van der Waals surface area (Å²) in [5, 5.41) is 1.10. The fourth-order valence-electron chi connectivity index (χ4n) is 4.58. The van der Waals surface area contributed by atoms with Gasteiger partial charge >= 0.3 is 0 Å². The van der Waals surface area contributed by atoms with E-state index in [1.807, 2.05) is 6.92 Å². The van der Waals surface area contributed by atoms with Crippen LogP contribution in [0.4, 0.5) is 5.69 Å². The van der Waals surface area contributed by atoms with Gasteiger partial charge in [0.1, 0.15) is 9.84 Å². The summed E-state index contributed by atoms with van der Waals surface area (Å²) in [6.07, 6.45) is 5.44. The molecule has 1 saturated heterocycles. The molecule has 0 N–H and O–H groups in total. The van der Waals surface area contributed by atoms with Crippen molar-refractivity contribution in [2.75, 3.05) is 29.4 Å². The fraction of sp³-hybridized carbons (Fsp3) is 0.500. The van der Waals surface area contributed by atoms with Gasteiger partial charge in [-0.05, 0) is 88.2 Å². The van der Waals surface area contributed by atoms with Crippen LogP contribution in [0.1, 0.15) is 39.0 Å². The van der Waals surface area contributed by atoms with Crippen molar-refractivity contribution in [2.24, 2.45) is 0 Å². The smallest absolute Gasteiger partial charge is 0.264 e. The second kappa shape index (κ2) is 12.0. The quantitative estimate of drug-likeness (QED) is 0.349. The largest absolute Gasteiger partial charge is 0.299 e. The van der Waals surface area contributed by atoms with E-state index >= 15 is 0 Å². The van der Waals surface area contributed by atoms with Crippen LogP contribution in [0, 0.1) is 0 Å². The monoisotopic (exact) mass is 580 g/mol. The summed E-state index contributed by atoms with van der Waals surface area (Å²) in [7, 11) is -7.04. The Balaban J connectivity index is 1.82. The zero-order valence-electron chi connectivity index (χ0n) is 19.8. The molecule has 6 nitrogen and oxygen atoms in total. The highest BCUT2D eigenvalue weighted by Crippen LogP contribution is 2.35. The predicted molar refractivity (Wildman–Crippen MR) is 145 cm³/mol. The molecule has 1 fully saturated rings. The highest BCUT2D eigenvalue weighted by Gasteiger charge is 2.32. The van der Waals surface area contributed by atoms with E-state index in [4.69, 9.17) is 34.8 Å². The van der Waals surface area contributed by atoms with Gasteiger partial charge in [-0.2, -0.15) is 0 Å². The molecule has 2 atom stereocenters. The van der Waals surface area contributed by atoms with Gasteiger partial charge in [0.25, 0.3) is 10.0 Å². The topological polar surface area (TPSA) is 74.8 Å². The van der Waals surface area contributed by atoms with Crippen LogP contribution >= 0.6 is 34.8 Å². The highest BCUT2D eigenvalue weighted by atomic mass is 35.5. The van der Waals surface area contributed by atoms with Gasteiger partial charge in [-0.1, -0.05) is 41.2 Å². The van der Waals surface area contributed by atoms with Crippen molar-refractivity contribution in [2.45, 2.75) is 56.0 Å². The summed E-state index contributed by atoms with van der Waals surface area (Å²) in [5.74, 6) is 0.151. The SMILES string of the molecule is CC(CCCN1CCCC[C@@H]1CS(C)(=O)=O)N(c1cc(Cl)ccc1Cl)S(=O)(=O)c1ccc(Cl)cc1. The minimum Gasteiger partial charge on any atom is -0.299 e. The van der Waals surface area contributed by atoms with E-state index in [0.29, 0.717) is 35.1 Å². The maximum Gasteiger partial charge on any atom is 0.264 e. The van der Waals surface area contributed by atoms with Gasteiger partial charge in [-0.25, -0.2) is 16.8 Å². The Morgan fingerprint density at radius 2 is 1.66 bits per heavy atom. The van der Waals surface area contributed by atoms with Crippen LogP contribution in [0.5, 0.6) is 0 Å². The number of anilines is 1. The molecule has 2 aromatic rings. The molecule has 0 saturated carbocycles. The van der Waals surface area contributed by atoms with Crippen molar-refractivity contribution < 1.29 is 16.8 Å². The van der Waals surface area contributed by atoms with Gasteiger partial charge in [-0.3, -0.25) is 9.21 Å². The number of rotatable bonds is 10. The standard InChI is InChI=1S/C24H31Cl3N2O4S2/c1-18(6-5-15-28-14-4-3-7-21(28)17-34(2,30)31)29(24-16-20(26)10-13-23(24)27)35(32,33)22-11-8-19(25)9-12-22/h8-13,16,18,21H,3-7,14-15,17H2,1-2H3/t18?,21-/m1/s1. The van der Waals surface area contributed by atoms with Gasteiger partial charge in [0, 0.05) is 28.4 Å². The molecule has 1 aliphatic rings. The van der Waals surface area contributed by atoms with Crippen molar-refractivity contribution in [3.05, 3.63) is 57.5 Å². The van der Waals surface area contributed by atoms with Crippen LogP contribution in [0.3, 0.4) is 0 Å². The van der Waals surface area contributed by atoms with Crippen LogP contribution in [0.15, 0.2) is 47.4 Å². The number of nitrogens with zero attached hydrogens (tertiary/aromatic N) is 2. The van der Waals surface area contributed by atoms with Gasteiger partial charge < -0.3 is 0 Å². The van der Waals surface area contributed by atoms with Crippen molar-refractivity contribution >= 4 is 60.4 Å². The minimum atomic E-state index is -3.96. The van der Waals surface area contributed by atoms with E-state index < -0.39 is 25.9 Å². The summed E-state index contributed by atoms with van der Waals surface area (Å²) in [6.45, 7) is 3.39. The molecule has 1 unspecified atom stereocenters. The number of likely N-dealkylation sites (tertiary alicyclic amines) is 1. The number of piperidine rings is 1. The average molecular weight is 582 g/mol. The Labute approximate surface area is 224 Å². The Bertz CT molecular complexity index is 1220. The lowest BCUT2D eigenvalue weighted by molar-refractivity contribution is 0.159. The fourth-order valence-corrected chi connectivity index (χ4v) is 7.90. The first-order valence-corrected chi connectivity index (χ1v) is 16.2. The van der Waals surface area contributed by atoms with Crippen LogP contribution < -0.4 is 4.31 Å². The molecular weight excluding hydrogens is 551 g/mol. The third kappa shape index (κ3) is 7.73. The third-order valence-electron chi connectivity index (χ3n) is 6.23. The van der Waals surface area contributed by atoms with E-state index in [1.165, 1.54) is 34.8 Å². The first-order chi connectivity index (χ1) is 16.4. The minimum absolute atomic E-state index is 0.00494. The normalized spacial score (nSPS) is 18.4. The lowest BCUT2D eigenvalue weighted by Gasteiger charge is -2.36. The predicted octanol–water partition coefficient (Wildman–Crippen LogP) is 5.91. The lowest BCUT2D eigenvalue weighted by Crippen LogP contribution is -2.44. The molecule has 2 aromatic carbocycles. The van der Waals surface area contributed by atoms with Crippen molar-refractivity contribution in [3.8, 4) is 0 Å². The molecule has 1 heterocycles. The van der Waals surface area contributed by atoms with Crippen LogP contribution in [-0.4, -0.2) is 58.9 Å². The molecule has 0 bridgehead atoms. The average Bonchev–Trinajstić information content (AvgIpc) is 2.76. The van der Waals surface area contributed by atoms with E-state index in [-0.39, 0.29) is 21.7 Å². The van der Waals surface area contributed by atoms with E-state index in [2.05, 4.69) is 4.90 Å². The van der Waals surface area contributed by atoms with E-state index in [0.717, 1.165) is 25.8 Å². The first kappa shape index (κ1) is 28.5. The van der Waals surface area contributed by atoms with E-state index in [1.54, 1.807) is 18.2 Å². The summed E-state index contributed by atoms with van der Waals surface area (Å²) in [4.78, 5) is 2.33. The molecule has 194 valence electrons. The molecule has 35 heavy (non-hydrogen) atoms. The maximum atomic E-state index is 13.7. The van der Waals surface area contributed by atoms with E-state index in [9.17, 15) is 16.8 Å². The number of benzene rings is 2. The molecular formula is C24H31Cl3N2O4S2. The number of halogens is 3. The Morgan fingerprint density at radius 3 is 2.31 bits per heavy atom. The summed E-state index contributed by atoms with van der Waals surface area (Å²) >= 11 is 18.6. The number of hydrogen-bond donors (Lipinski definition) is 0. The number of hydrogen-bond acceptors (Lipinski definition) is 5. The van der Waals surface area contributed by atoms with Gasteiger partial charge in [-0.15, -0.1) is 0 Å². The highest BCUT2D eigenvalue weighted by molar-refractivity contribution is 7.93.